The normalized spacial score (nSPS) is 10.1. The molecule has 2 N–H and O–H groups in total. The Morgan fingerprint density at radius 1 is 0.870 bits per heavy atom. The molecule has 2 aromatic carbocycles. The molecule has 3 rings (SSSR count). The van der Waals surface area contributed by atoms with Crippen molar-refractivity contribution in [1.82, 2.24) is 4.98 Å². The second-order valence-corrected chi connectivity index (χ2v) is 5.24. The van der Waals surface area contributed by atoms with E-state index in [1.165, 1.54) is 5.56 Å². The van der Waals surface area contributed by atoms with Gasteiger partial charge in [0.1, 0.15) is 5.69 Å². The zero-order valence-electron chi connectivity index (χ0n) is 12.8. The Morgan fingerprint density at radius 3 is 2.39 bits per heavy atom. The van der Waals surface area contributed by atoms with Crippen molar-refractivity contribution in [2.75, 3.05) is 10.6 Å². The molecule has 0 fully saturated rings. The lowest BCUT2D eigenvalue weighted by Crippen LogP contribution is -2.13. The highest BCUT2D eigenvalue weighted by Gasteiger charge is 2.08. The maximum absolute atomic E-state index is 12.3. The first-order chi connectivity index (χ1) is 11.2. The smallest absolute Gasteiger partial charge is 0.274 e. The van der Waals surface area contributed by atoms with Gasteiger partial charge in [-0.15, -0.1) is 0 Å². The van der Waals surface area contributed by atoms with Crippen LogP contribution in [0.15, 0.2) is 72.9 Å². The maximum atomic E-state index is 12.3. The van der Waals surface area contributed by atoms with Gasteiger partial charge in [-0.2, -0.15) is 0 Å². The molecule has 0 spiro atoms. The fourth-order valence-electron chi connectivity index (χ4n) is 2.24. The van der Waals surface area contributed by atoms with Crippen LogP contribution in [0.25, 0.3) is 0 Å². The van der Waals surface area contributed by atoms with E-state index in [9.17, 15) is 4.79 Å². The molecule has 0 aliphatic carbocycles. The van der Waals surface area contributed by atoms with E-state index in [1.54, 1.807) is 12.3 Å². The fraction of sp³-hybridized carbons (Fsp3) is 0.0526. The van der Waals surface area contributed by atoms with Gasteiger partial charge in [0.15, 0.2) is 0 Å². The predicted molar refractivity (Wildman–Crippen MR) is 93.1 cm³/mol. The number of carbonyl (C=O) groups is 1. The Kier molecular flexibility index (Phi) is 4.34. The summed E-state index contributed by atoms with van der Waals surface area (Å²) < 4.78 is 0. The van der Waals surface area contributed by atoms with Crippen molar-refractivity contribution in [3.63, 3.8) is 0 Å². The Hall–Kier alpha value is -3.14. The van der Waals surface area contributed by atoms with Crippen LogP contribution >= 0.6 is 0 Å². The highest BCUT2D eigenvalue weighted by molar-refractivity contribution is 6.03. The summed E-state index contributed by atoms with van der Waals surface area (Å²) in [7, 11) is 0. The summed E-state index contributed by atoms with van der Waals surface area (Å²) in [5.41, 5.74) is 4.09. The molecule has 0 aliphatic rings. The molecule has 0 aliphatic heterocycles. The van der Waals surface area contributed by atoms with E-state index >= 15 is 0 Å². The third kappa shape index (κ3) is 3.95. The van der Waals surface area contributed by atoms with Crippen molar-refractivity contribution < 1.29 is 4.79 Å². The number of anilines is 3. The topological polar surface area (TPSA) is 54.0 Å². The molecule has 1 amide bonds. The van der Waals surface area contributed by atoms with Crippen LogP contribution in [0, 0.1) is 6.92 Å². The van der Waals surface area contributed by atoms with Crippen molar-refractivity contribution in [2.24, 2.45) is 0 Å². The third-order valence-corrected chi connectivity index (χ3v) is 3.33. The second kappa shape index (κ2) is 6.75. The number of nitrogens with zero attached hydrogens (tertiary/aromatic N) is 1. The monoisotopic (exact) mass is 303 g/mol. The van der Waals surface area contributed by atoms with Gasteiger partial charge in [0.2, 0.25) is 0 Å². The molecule has 114 valence electrons. The molecule has 0 unspecified atom stereocenters. The zero-order chi connectivity index (χ0) is 16.1. The first-order valence-corrected chi connectivity index (χ1v) is 7.37. The van der Waals surface area contributed by atoms with Crippen LogP contribution in [0.2, 0.25) is 0 Å². The number of pyridine rings is 1. The molecule has 0 saturated heterocycles. The van der Waals surface area contributed by atoms with Gasteiger partial charge in [-0.25, -0.2) is 0 Å². The number of benzene rings is 2. The van der Waals surface area contributed by atoms with Crippen molar-refractivity contribution in [3.8, 4) is 0 Å². The lowest BCUT2D eigenvalue weighted by atomic mass is 10.2. The molecule has 4 heteroatoms. The second-order valence-electron chi connectivity index (χ2n) is 5.24. The number of carbonyl (C=O) groups excluding carboxylic acids is 1. The average Bonchev–Trinajstić information content (AvgIpc) is 2.56. The summed E-state index contributed by atoms with van der Waals surface area (Å²) in [4.78, 5) is 16.4. The molecular weight excluding hydrogens is 286 g/mol. The summed E-state index contributed by atoms with van der Waals surface area (Å²) >= 11 is 0. The number of aromatic nitrogens is 1. The van der Waals surface area contributed by atoms with Gasteiger partial charge in [-0.1, -0.05) is 30.3 Å². The van der Waals surface area contributed by atoms with Crippen LogP contribution in [0.3, 0.4) is 0 Å². The number of para-hydroxylation sites is 1. The van der Waals surface area contributed by atoms with Gasteiger partial charge in [0.05, 0.1) is 0 Å². The molecule has 3 aromatic rings. The standard InChI is InChI=1S/C19H17N3O/c1-14-6-5-9-16(12-14)21-17-10-11-20-18(13-17)19(23)22-15-7-3-2-4-8-15/h2-13H,1H3,(H,20,21)(H,22,23). The molecule has 0 saturated carbocycles. The van der Waals surface area contributed by atoms with Crippen LogP contribution in [-0.2, 0) is 0 Å². The maximum Gasteiger partial charge on any atom is 0.274 e. The van der Waals surface area contributed by atoms with Crippen LogP contribution in [0.5, 0.6) is 0 Å². The molecule has 0 atom stereocenters. The molecule has 0 bridgehead atoms. The lowest BCUT2D eigenvalue weighted by Gasteiger charge is -2.09. The van der Waals surface area contributed by atoms with Gasteiger partial charge >= 0.3 is 0 Å². The van der Waals surface area contributed by atoms with Gasteiger partial charge in [0.25, 0.3) is 5.91 Å². The number of aryl methyl sites for hydroxylation is 1. The first-order valence-electron chi connectivity index (χ1n) is 7.37. The van der Waals surface area contributed by atoms with E-state index in [0.29, 0.717) is 5.69 Å². The van der Waals surface area contributed by atoms with Gasteiger partial charge in [-0.05, 0) is 48.9 Å². The lowest BCUT2D eigenvalue weighted by molar-refractivity contribution is 0.102. The van der Waals surface area contributed by atoms with Crippen molar-refractivity contribution in [3.05, 3.63) is 84.2 Å². The van der Waals surface area contributed by atoms with E-state index in [0.717, 1.165) is 17.1 Å². The summed E-state index contributed by atoms with van der Waals surface area (Å²) in [5, 5.41) is 6.11. The Morgan fingerprint density at radius 2 is 1.61 bits per heavy atom. The van der Waals surface area contributed by atoms with E-state index < -0.39 is 0 Å². The van der Waals surface area contributed by atoms with Crippen LogP contribution in [-0.4, -0.2) is 10.9 Å². The van der Waals surface area contributed by atoms with Crippen LogP contribution < -0.4 is 10.6 Å². The molecular formula is C19H17N3O. The number of nitrogens with one attached hydrogen (secondary N) is 2. The summed E-state index contributed by atoms with van der Waals surface area (Å²) in [6.07, 6.45) is 1.62. The quantitative estimate of drug-likeness (QED) is 0.751. The highest BCUT2D eigenvalue weighted by Crippen LogP contribution is 2.18. The van der Waals surface area contributed by atoms with Crippen molar-refractivity contribution in [1.29, 1.82) is 0 Å². The first kappa shape index (κ1) is 14.8. The largest absolute Gasteiger partial charge is 0.355 e. The molecule has 1 heterocycles. The summed E-state index contributed by atoms with van der Waals surface area (Å²) in [5.74, 6) is -0.232. The van der Waals surface area contributed by atoms with Gasteiger partial charge in [-0.3, -0.25) is 9.78 Å². The van der Waals surface area contributed by atoms with E-state index in [4.69, 9.17) is 0 Å². The highest BCUT2D eigenvalue weighted by atomic mass is 16.1. The van der Waals surface area contributed by atoms with Crippen LogP contribution in [0.1, 0.15) is 16.1 Å². The number of amides is 1. The van der Waals surface area contributed by atoms with Crippen molar-refractivity contribution in [2.45, 2.75) is 6.92 Å². The van der Waals surface area contributed by atoms with Crippen LogP contribution in [0.4, 0.5) is 17.1 Å². The van der Waals surface area contributed by atoms with E-state index in [-0.39, 0.29) is 5.91 Å². The minimum atomic E-state index is -0.232. The SMILES string of the molecule is Cc1cccc(Nc2ccnc(C(=O)Nc3ccccc3)c2)c1. The van der Waals surface area contributed by atoms with Gasteiger partial charge < -0.3 is 10.6 Å². The van der Waals surface area contributed by atoms with Gasteiger partial charge in [0, 0.05) is 23.3 Å². The summed E-state index contributed by atoms with van der Waals surface area (Å²) in [6.45, 7) is 2.04. The summed E-state index contributed by atoms with van der Waals surface area (Å²) in [6, 6.07) is 21.0. The number of hydrogen-bond donors (Lipinski definition) is 2. The van der Waals surface area contributed by atoms with E-state index in [2.05, 4.69) is 15.6 Å². The third-order valence-electron chi connectivity index (χ3n) is 3.33. The number of hydrogen-bond acceptors (Lipinski definition) is 3. The Bertz CT molecular complexity index is 816. The number of rotatable bonds is 4. The van der Waals surface area contributed by atoms with E-state index in [1.807, 2.05) is 67.6 Å². The molecule has 0 radical (unpaired) electrons. The fourth-order valence-corrected chi connectivity index (χ4v) is 2.24. The minimum Gasteiger partial charge on any atom is -0.355 e. The molecule has 23 heavy (non-hydrogen) atoms. The Balaban J connectivity index is 1.75. The molecule has 1 aromatic heterocycles. The molecule has 4 nitrogen and oxygen atoms in total. The zero-order valence-corrected chi connectivity index (χ0v) is 12.8. The van der Waals surface area contributed by atoms with Crippen molar-refractivity contribution >= 4 is 23.0 Å². The Labute approximate surface area is 135 Å². The minimum absolute atomic E-state index is 0.232. The predicted octanol–water partition coefficient (Wildman–Crippen LogP) is 4.39. The average molecular weight is 303 g/mol.